The van der Waals surface area contributed by atoms with Crippen LogP contribution in [0.3, 0.4) is 0 Å². The predicted molar refractivity (Wildman–Crippen MR) is 74.7 cm³/mol. The van der Waals surface area contributed by atoms with Gasteiger partial charge in [0.2, 0.25) is 0 Å². The van der Waals surface area contributed by atoms with Crippen molar-refractivity contribution < 1.29 is 5.11 Å². The Morgan fingerprint density at radius 2 is 1.79 bits per heavy atom. The molecule has 0 saturated heterocycles. The fourth-order valence-electron chi connectivity index (χ4n) is 3.00. The van der Waals surface area contributed by atoms with Crippen molar-refractivity contribution in [2.24, 2.45) is 7.05 Å². The minimum absolute atomic E-state index is 0.206. The van der Waals surface area contributed by atoms with E-state index in [9.17, 15) is 5.11 Å². The van der Waals surface area contributed by atoms with Crippen LogP contribution in [0.5, 0.6) is 0 Å². The Labute approximate surface area is 115 Å². The summed E-state index contributed by atoms with van der Waals surface area (Å²) >= 11 is 0. The highest BCUT2D eigenvalue weighted by atomic mass is 16.3. The first-order chi connectivity index (χ1) is 9.03. The molecule has 0 spiro atoms. The second-order valence-electron chi connectivity index (χ2n) is 4.90. The van der Waals surface area contributed by atoms with Gasteiger partial charge in [0.25, 0.3) is 0 Å². The van der Waals surface area contributed by atoms with Crippen LogP contribution in [0, 0.1) is 0 Å². The molecule has 0 aliphatic heterocycles. The number of aliphatic hydroxyl groups excluding tert-OH is 1. The Balaban J connectivity index is 2.91. The molecule has 0 saturated carbocycles. The van der Waals surface area contributed by atoms with Gasteiger partial charge in [-0.25, -0.2) is 0 Å². The van der Waals surface area contributed by atoms with E-state index in [1.165, 1.54) is 4.80 Å². The van der Waals surface area contributed by atoms with E-state index in [1.807, 2.05) is 0 Å². The van der Waals surface area contributed by atoms with Gasteiger partial charge in [-0.15, -0.1) is 10.2 Å². The van der Waals surface area contributed by atoms with Crippen LogP contribution in [0.2, 0.25) is 0 Å². The van der Waals surface area contributed by atoms with Crippen molar-refractivity contribution in [3.8, 4) is 0 Å². The molecule has 6 nitrogen and oxygen atoms in total. The van der Waals surface area contributed by atoms with E-state index in [2.05, 4.69) is 48.0 Å². The molecule has 1 N–H and O–H groups in total. The Hall–Kier alpha value is -1.01. The molecule has 110 valence electrons. The number of tetrazole rings is 1. The van der Waals surface area contributed by atoms with E-state index < -0.39 is 6.10 Å². The number of hydrogen-bond acceptors (Lipinski definition) is 5. The average Bonchev–Trinajstić information content (AvgIpc) is 2.81. The lowest BCUT2D eigenvalue weighted by molar-refractivity contribution is -0.0349. The minimum Gasteiger partial charge on any atom is -0.391 e. The summed E-state index contributed by atoms with van der Waals surface area (Å²) in [4.78, 5) is 3.77. The third-order valence-corrected chi connectivity index (χ3v) is 4.16. The maximum Gasteiger partial charge on any atom is 0.177 e. The van der Waals surface area contributed by atoms with Crippen LogP contribution in [0.1, 0.15) is 46.4 Å². The summed E-state index contributed by atoms with van der Waals surface area (Å²) in [6.45, 7) is 10.4. The standard InChI is InChI=1S/C13H27N5O/c1-6-13(7-2,18(8-3)9-4)11(19)10-12-14-16-17(5)15-12/h11,19H,6-10H2,1-5H3. The quantitative estimate of drug-likeness (QED) is 0.763. The number of rotatable bonds is 8. The maximum atomic E-state index is 10.7. The topological polar surface area (TPSA) is 67.1 Å². The third kappa shape index (κ3) is 3.30. The average molecular weight is 269 g/mol. The second-order valence-corrected chi connectivity index (χ2v) is 4.90. The van der Waals surface area contributed by atoms with Gasteiger partial charge in [0.1, 0.15) is 0 Å². The molecule has 1 heterocycles. The van der Waals surface area contributed by atoms with Crippen LogP contribution in [-0.2, 0) is 13.5 Å². The molecule has 1 aromatic rings. The van der Waals surface area contributed by atoms with Crippen molar-refractivity contribution in [3.63, 3.8) is 0 Å². The number of nitrogens with zero attached hydrogens (tertiary/aromatic N) is 5. The van der Waals surface area contributed by atoms with Crippen LogP contribution in [-0.4, -0.2) is 54.9 Å². The fraction of sp³-hybridized carbons (Fsp3) is 0.923. The third-order valence-electron chi connectivity index (χ3n) is 4.16. The van der Waals surface area contributed by atoms with Crippen LogP contribution in [0.4, 0.5) is 0 Å². The zero-order chi connectivity index (χ0) is 14.5. The number of hydrogen-bond donors (Lipinski definition) is 1. The van der Waals surface area contributed by atoms with Crippen molar-refractivity contribution >= 4 is 0 Å². The second kappa shape index (κ2) is 6.96. The van der Waals surface area contributed by atoms with Gasteiger partial charge in [0.05, 0.1) is 13.2 Å². The molecule has 0 bridgehead atoms. The van der Waals surface area contributed by atoms with E-state index in [4.69, 9.17) is 0 Å². The highest BCUT2D eigenvalue weighted by Gasteiger charge is 2.39. The summed E-state index contributed by atoms with van der Waals surface area (Å²) in [5, 5.41) is 22.6. The van der Waals surface area contributed by atoms with Gasteiger partial charge in [0.15, 0.2) is 5.82 Å². The summed E-state index contributed by atoms with van der Waals surface area (Å²) in [5.74, 6) is 0.605. The van der Waals surface area contributed by atoms with Gasteiger partial charge in [-0.1, -0.05) is 27.7 Å². The van der Waals surface area contributed by atoms with Crippen LogP contribution in [0.25, 0.3) is 0 Å². The van der Waals surface area contributed by atoms with Gasteiger partial charge in [0, 0.05) is 12.0 Å². The van der Waals surface area contributed by atoms with Crippen LogP contribution >= 0.6 is 0 Å². The first-order valence-electron chi connectivity index (χ1n) is 7.19. The molecule has 1 rings (SSSR count). The number of likely N-dealkylation sites (N-methyl/N-ethyl adjacent to an activating group) is 1. The predicted octanol–water partition coefficient (Wildman–Crippen LogP) is 1.01. The van der Waals surface area contributed by atoms with Gasteiger partial charge >= 0.3 is 0 Å². The van der Waals surface area contributed by atoms with Crippen molar-refractivity contribution in [1.29, 1.82) is 0 Å². The molecular formula is C13H27N5O. The molecule has 0 aromatic carbocycles. The smallest absolute Gasteiger partial charge is 0.177 e. The lowest BCUT2D eigenvalue weighted by Crippen LogP contribution is -2.56. The first-order valence-corrected chi connectivity index (χ1v) is 7.19. The lowest BCUT2D eigenvalue weighted by atomic mass is 9.82. The molecule has 0 fully saturated rings. The Kier molecular flexibility index (Phi) is 5.87. The number of aryl methyl sites for hydroxylation is 1. The minimum atomic E-state index is -0.480. The van der Waals surface area contributed by atoms with Gasteiger partial charge in [-0.3, -0.25) is 4.90 Å². The Morgan fingerprint density at radius 1 is 1.21 bits per heavy atom. The van der Waals surface area contributed by atoms with Crippen molar-refractivity contribution in [2.75, 3.05) is 13.1 Å². The Bertz CT molecular complexity index is 371. The molecule has 0 aliphatic carbocycles. The molecule has 6 heteroatoms. The SMILES string of the molecule is CCN(CC)C(CC)(CC)C(O)Cc1nnn(C)n1. The molecule has 1 aromatic heterocycles. The van der Waals surface area contributed by atoms with Crippen molar-refractivity contribution in [1.82, 2.24) is 25.1 Å². The first kappa shape index (κ1) is 16.0. The molecule has 1 unspecified atom stereocenters. The highest BCUT2D eigenvalue weighted by Crippen LogP contribution is 2.29. The highest BCUT2D eigenvalue weighted by molar-refractivity contribution is 4.98. The summed E-state index contributed by atoms with van der Waals surface area (Å²) in [6, 6.07) is 0. The summed E-state index contributed by atoms with van der Waals surface area (Å²) < 4.78 is 0. The molecule has 19 heavy (non-hydrogen) atoms. The van der Waals surface area contributed by atoms with E-state index in [0.717, 1.165) is 25.9 Å². The summed E-state index contributed by atoms with van der Waals surface area (Å²) in [6.07, 6.45) is 1.79. The summed E-state index contributed by atoms with van der Waals surface area (Å²) in [5.41, 5.74) is -0.206. The zero-order valence-corrected chi connectivity index (χ0v) is 12.8. The number of aromatic nitrogens is 4. The van der Waals surface area contributed by atoms with E-state index in [0.29, 0.717) is 12.2 Å². The van der Waals surface area contributed by atoms with Gasteiger partial charge < -0.3 is 5.11 Å². The molecule has 1 atom stereocenters. The van der Waals surface area contributed by atoms with Crippen molar-refractivity contribution in [3.05, 3.63) is 5.82 Å². The normalized spacial score (nSPS) is 14.1. The fourth-order valence-corrected chi connectivity index (χ4v) is 3.00. The molecule has 0 amide bonds. The van der Waals surface area contributed by atoms with Crippen LogP contribution < -0.4 is 0 Å². The maximum absolute atomic E-state index is 10.7. The largest absolute Gasteiger partial charge is 0.391 e. The monoisotopic (exact) mass is 269 g/mol. The van der Waals surface area contributed by atoms with Crippen molar-refractivity contribution in [2.45, 2.75) is 58.6 Å². The molecular weight excluding hydrogens is 242 g/mol. The van der Waals surface area contributed by atoms with E-state index in [-0.39, 0.29) is 5.54 Å². The van der Waals surface area contributed by atoms with E-state index >= 15 is 0 Å². The Morgan fingerprint density at radius 3 is 2.16 bits per heavy atom. The zero-order valence-electron chi connectivity index (χ0n) is 12.8. The molecule has 0 radical (unpaired) electrons. The summed E-state index contributed by atoms with van der Waals surface area (Å²) in [7, 11) is 1.74. The van der Waals surface area contributed by atoms with Crippen LogP contribution in [0.15, 0.2) is 0 Å². The molecule has 0 aliphatic rings. The van der Waals surface area contributed by atoms with Gasteiger partial charge in [-0.2, -0.15) is 4.80 Å². The van der Waals surface area contributed by atoms with E-state index in [1.54, 1.807) is 7.05 Å². The lowest BCUT2D eigenvalue weighted by Gasteiger charge is -2.45. The van der Waals surface area contributed by atoms with Gasteiger partial charge in [-0.05, 0) is 31.1 Å². The number of aliphatic hydroxyl groups is 1.